The number of methoxy groups -OCH3 is 1. The molecule has 0 radical (unpaired) electrons. The number of rotatable bonds is 2. The van der Waals surface area contributed by atoms with Crippen LogP contribution in [0.5, 0.6) is 5.75 Å². The molecule has 0 saturated carbocycles. The first-order chi connectivity index (χ1) is 7.20. The van der Waals surface area contributed by atoms with Gasteiger partial charge >= 0.3 is 12.1 Å². The van der Waals surface area contributed by atoms with Crippen molar-refractivity contribution in [1.29, 1.82) is 0 Å². The Balaban J connectivity index is 3.31. The molecule has 0 saturated heterocycles. The largest absolute Gasteiger partial charge is 0.497 e. The quantitative estimate of drug-likeness (QED) is 0.747. The second kappa shape index (κ2) is 4.20. The van der Waals surface area contributed by atoms with Crippen molar-refractivity contribution in [2.24, 2.45) is 0 Å². The average molecular weight is 305 g/mol. The van der Waals surface area contributed by atoms with Crippen molar-refractivity contribution >= 4 is 15.9 Å². The van der Waals surface area contributed by atoms with E-state index in [4.69, 9.17) is 0 Å². The molecule has 0 fully saturated rings. The molecule has 0 aliphatic carbocycles. The number of halogens is 6. The average Bonchev–Trinajstić information content (AvgIpc) is 2.16. The van der Waals surface area contributed by atoms with Gasteiger partial charge in [0, 0.05) is 10.0 Å². The SMILES string of the molecule is COc1ccc(Br)c(C(F)(F)C(F)(F)F)c1. The van der Waals surface area contributed by atoms with Gasteiger partial charge in [-0.25, -0.2) is 0 Å². The van der Waals surface area contributed by atoms with Crippen LogP contribution >= 0.6 is 15.9 Å². The Labute approximate surface area is 96.3 Å². The summed E-state index contributed by atoms with van der Waals surface area (Å²) in [6.45, 7) is 0. The van der Waals surface area contributed by atoms with Crippen LogP contribution in [0.15, 0.2) is 22.7 Å². The van der Waals surface area contributed by atoms with Crippen LogP contribution in [-0.4, -0.2) is 13.3 Å². The van der Waals surface area contributed by atoms with Crippen LogP contribution in [0.25, 0.3) is 0 Å². The maximum Gasteiger partial charge on any atom is 0.458 e. The van der Waals surface area contributed by atoms with Crippen molar-refractivity contribution in [2.75, 3.05) is 7.11 Å². The van der Waals surface area contributed by atoms with E-state index in [-0.39, 0.29) is 10.2 Å². The minimum atomic E-state index is -5.64. The summed E-state index contributed by atoms with van der Waals surface area (Å²) in [5, 5.41) is 0. The highest BCUT2D eigenvalue weighted by molar-refractivity contribution is 9.10. The zero-order valence-corrected chi connectivity index (χ0v) is 9.49. The van der Waals surface area contributed by atoms with Gasteiger partial charge in [-0.3, -0.25) is 0 Å². The lowest BCUT2D eigenvalue weighted by Gasteiger charge is -2.21. The number of ether oxygens (including phenoxy) is 1. The lowest BCUT2D eigenvalue weighted by atomic mass is 10.1. The molecule has 0 atom stereocenters. The van der Waals surface area contributed by atoms with E-state index in [1.807, 2.05) is 0 Å². The molecule has 0 amide bonds. The van der Waals surface area contributed by atoms with Crippen LogP contribution in [0.4, 0.5) is 22.0 Å². The molecule has 0 N–H and O–H groups in total. The maximum atomic E-state index is 13.0. The van der Waals surface area contributed by atoms with Gasteiger partial charge in [0.15, 0.2) is 0 Å². The normalized spacial score (nSPS) is 12.7. The minimum Gasteiger partial charge on any atom is -0.497 e. The lowest BCUT2D eigenvalue weighted by molar-refractivity contribution is -0.289. The Morgan fingerprint density at radius 3 is 2.12 bits per heavy atom. The number of hydrogen-bond donors (Lipinski definition) is 0. The summed E-state index contributed by atoms with van der Waals surface area (Å²) in [4.78, 5) is 0. The molecule has 0 heterocycles. The Hall–Kier alpha value is -0.850. The van der Waals surface area contributed by atoms with E-state index in [1.54, 1.807) is 0 Å². The van der Waals surface area contributed by atoms with Gasteiger partial charge < -0.3 is 4.74 Å². The molecule has 1 rings (SSSR count). The molecule has 0 spiro atoms. The second-order valence-electron chi connectivity index (χ2n) is 2.92. The van der Waals surface area contributed by atoms with Crippen molar-refractivity contribution < 1.29 is 26.7 Å². The molecule has 1 aromatic carbocycles. The fraction of sp³-hybridized carbons (Fsp3) is 0.333. The van der Waals surface area contributed by atoms with E-state index < -0.39 is 17.7 Å². The maximum absolute atomic E-state index is 13.0. The summed E-state index contributed by atoms with van der Waals surface area (Å²) in [6.07, 6.45) is -5.64. The molecule has 16 heavy (non-hydrogen) atoms. The van der Waals surface area contributed by atoms with Crippen molar-refractivity contribution in [3.05, 3.63) is 28.2 Å². The monoisotopic (exact) mass is 304 g/mol. The molecule has 0 aliphatic rings. The standard InChI is InChI=1S/C9H6BrF5O/c1-16-5-2-3-7(10)6(4-5)8(11,12)9(13,14)15/h2-4H,1H3. The Kier molecular flexibility index (Phi) is 3.47. The van der Waals surface area contributed by atoms with Gasteiger partial charge in [0.25, 0.3) is 0 Å². The second-order valence-corrected chi connectivity index (χ2v) is 3.77. The van der Waals surface area contributed by atoms with Crippen molar-refractivity contribution in [3.8, 4) is 5.75 Å². The Bertz CT molecular complexity index is 388. The van der Waals surface area contributed by atoms with E-state index in [0.717, 1.165) is 6.07 Å². The summed E-state index contributed by atoms with van der Waals surface area (Å²) in [5.74, 6) is -4.98. The molecule has 1 aromatic rings. The number of hydrogen-bond acceptors (Lipinski definition) is 1. The minimum absolute atomic E-state index is 0.0675. The fourth-order valence-electron chi connectivity index (χ4n) is 1.02. The van der Waals surface area contributed by atoms with Crippen LogP contribution < -0.4 is 4.74 Å². The number of alkyl halides is 5. The first-order valence-electron chi connectivity index (χ1n) is 3.98. The summed E-state index contributed by atoms with van der Waals surface area (Å²) < 4.78 is 66.7. The third-order valence-corrected chi connectivity index (χ3v) is 2.56. The first kappa shape index (κ1) is 13.2. The van der Waals surface area contributed by atoms with E-state index >= 15 is 0 Å². The van der Waals surface area contributed by atoms with Gasteiger partial charge in [-0.05, 0) is 18.2 Å². The lowest BCUT2D eigenvalue weighted by Crippen LogP contribution is -2.34. The molecule has 90 valence electrons. The molecule has 7 heteroatoms. The van der Waals surface area contributed by atoms with Crippen LogP contribution in [0.1, 0.15) is 5.56 Å². The van der Waals surface area contributed by atoms with Gasteiger partial charge in [0.05, 0.1) is 7.11 Å². The van der Waals surface area contributed by atoms with E-state index in [9.17, 15) is 22.0 Å². The van der Waals surface area contributed by atoms with Gasteiger partial charge in [0.1, 0.15) is 5.75 Å². The Morgan fingerprint density at radius 1 is 1.12 bits per heavy atom. The van der Waals surface area contributed by atoms with Crippen LogP contribution in [0, 0.1) is 0 Å². The van der Waals surface area contributed by atoms with Gasteiger partial charge in [0.2, 0.25) is 0 Å². The van der Waals surface area contributed by atoms with Crippen molar-refractivity contribution in [3.63, 3.8) is 0 Å². The molecule has 0 aliphatic heterocycles. The highest BCUT2D eigenvalue weighted by Crippen LogP contribution is 2.47. The molecule has 0 unspecified atom stereocenters. The van der Waals surface area contributed by atoms with Gasteiger partial charge in [-0.1, -0.05) is 15.9 Å². The zero-order chi connectivity index (χ0) is 12.6. The van der Waals surface area contributed by atoms with Crippen LogP contribution in [0.2, 0.25) is 0 Å². The molecule has 0 aromatic heterocycles. The highest BCUT2D eigenvalue weighted by atomic mass is 79.9. The zero-order valence-electron chi connectivity index (χ0n) is 7.91. The van der Waals surface area contributed by atoms with E-state index in [1.165, 1.54) is 13.2 Å². The third kappa shape index (κ3) is 2.28. The summed E-state index contributed by atoms with van der Waals surface area (Å²) in [6, 6.07) is 3.01. The van der Waals surface area contributed by atoms with Crippen LogP contribution in [0.3, 0.4) is 0 Å². The molecular weight excluding hydrogens is 299 g/mol. The molecule has 1 nitrogen and oxygen atoms in total. The third-order valence-electron chi connectivity index (χ3n) is 1.87. The summed E-state index contributed by atoms with van der Waals surface area (Å²) >= 11 is 2.65. The first-order valence-corrected chi connectivity index (χ1v) is 4.78. The summed E-state index contributed by atoms with van der Waals surface area (Å²) in [5.41, 5.74) is -1.17. The smallest absolute Gasteiger partial charge is 0.458 e. The van der Waals surface area contributed by atoms with Crippen LogP contribution in [-0.2, 0) is 5.92 Å². The predicted octanol–water partition coefficient (Wildman–Crippen LogP) is 4.11. The number of benzene rings is 1. The van der Waals surface area contributed by atoms with E-state index in [2.05, 4.69) is 20.7 Å². The Morgan fingerprint density at radius 2 is 1.69 bits per heavy atom. The van der Waals surface area contributed by atoms with E-state index in [0.29, 0.717) is 6.07 Å². The van der Waals surface area contributed by atoms with Gasteiger partial charge in [-0.2, -0.15) is 22.0 Å². The highest BCUT2D eigenvalue weighted by Gasteiger charge is 2.59. The molecule has 0 bridgehead atoms. The predicted molar refractivity (Wildman–Crippen MR) is 50.6 cm³/mol. The van der Waals surface area contributed by atoms with Crippen molar-refractivity contribution in [1.82, 2.24) is 0 Å². The summed E-state index contributed by atoms with van der Waals surface area (Å²) in [7, 11) is 1.18. The van der Waals surface area contributed by atoms with Crippen molar-refractivity contribution in [2.45, 2.75) is 12.1 Å². The van der Waals surface area contributed by atoms with Gasteiger partial charge in [-0.15, -0.1) is 0 Å². The topological polar surface area (TPSA) is 9.23 Å². The fourth-order valence-corrected chi connectivity index (χ4v) is 1.52. The molecular formula is C9H6BrF5O.